The van der Waals surface area contributed by atoms with Gasteiger partial charge in [0.25, 0.3) is 5.91 Å². The SMILES string of the molecule is CC[C@@H](NC(=O)c1ccccc1N(Cc1ccccc1)S(C)(=O)=O)c1ccc(OC)cc1. The Morgan fingerprint density at radius 3 is 2.19 bits per heavy atom. The molecular formula is C25H28N2O4S. The second kappa shape index (κ2) is 10.3. The van der Waals surface area contributed by atoms with Crippen LogP contribution in [0, 0.1) is 0 Å². The van der Waals surface area contributed by atoms with Gasteiger partial charge in [-0.2, -0.15) is 0 Å². The van der Waals surface area contributed by atoms with Crippen molar-refractivity contribution >= 4 is 21.6 Å². The number of nitrogens with one attached hydrogen (secondary N) is 1. The normalized spacial score (nSPS) is 12.1. The number of hydrogen-bond acceptors (Lipinski definition) is 4. The van der Waals surface area contributed by atoms with Gasteiger partial charge in [0.05, 0.1) is 37.2 Å². The molecule has 0 saturated carbocycles. The third kappa shape index (κ3) is 5.68. The molecule has 0 aliphatic heterocycles. The number of carbonyl (C=O) groups excluding carboxylic acids is 1. The maximum Gasteiger partial charge on any atom is 0.253 e. The van der Waals surface area contributed by atoms with Crippen molar-refractivity contribution in [3.05, 3.63) is 95.6 Å². The number of nitrogens with zero attached hydrogens (tertiary/aromatic N) is 1. The highest BCUT2D eigenvalue weighted by atomic mass is 32.2. The molecule has 0 aliphatic carbocycles. The molecule has 0 bridgehead atoms. The average molecular weight is 453 g/mol. The second-order valence-corrected chi connectivity index (χ2v) is 9.39. The van der Waals surface area contributed by atoms with E-state index in [0.29, 0.717) is 17.7 Å². The number of sulfonamides is 1. The standard InChI is InChI=1S/C25H28N2O4S/c1-4-23(20-14-16-21(31-2)17-15-20)26-25(28)22-12-8-9-13-24(22)27(32(3,29)30)18-19-10-6-5-7-11-19/h5-17,23H,4,18H2,1-3H3,(H,26,28)/t23-/m1/s1. The zero-order valence-corrected chi connectivity index (χ0v) is 19.3. The molecule has 0 spiro atoms. The van der Waals surface area contributed by atoms with Crippen molar-refractivity contribution in [2.75, 3.05) is 17.7 Å². The summed E-state index contributed by atoms with van der Waals surface area (Å²) in [5.74, 6) is 0.412. The van der Waals surface area contributed by atoms with Crippen LogP contribution in [0.15, 0.2) is 78.9 Å². The fraction of sp³-hybridized carbons (Fsp3) is 0.240. The lowest BCUT2D eigenvalue weighted by Gasteiger charge is -2.26. The van der Waals surface area contributed by atoms with Gasteiger partial charge in [-0.25, -0.2) is 8.42 Å². The van der Waals surface area contributed by atoms with Gasteiger partial charge in [-0.15, -0.1) is 0 Å². The molecule has 0 fully saturated rings. The number of methoxy groups -OCH3 is 1. The number of ether oxygens (including phenoxy) is 1. The zero-order chi connectivity index (χ0) is 23.1. The minimum Gasteiger partial charge on any atom is -0.497 e. The van der Waals surface area contributed by atoms with E-state index in [-0.39, 0.29) is 18.5 Å². The molecule has 168 valence electrons. The molecule has 1 atom stereocenters. The summed E-state index contributed by atoms with van der Waals surface area (Å²) in [6.45, 7) is 2.12. The molecule has 0 aromatic heterocycles. The molecule has 32 heavy (non-hydrogen) atoms. The first-order valence-electron chi connectivity index (χ1n) is 10.4. The van der Waals surface area contributed by atoms with Crippen molar-refractivity contribution in [1.29, 1.82) is 0 Å². The summed E-state index contributed by atoms with van der Waals surface area (Å²) in [6, 6.07) is 23.4. The Kier molecular flexibility index (Phi) is 7.53. The highest BCUT2D eigenvalue weighted by Gasteiger charge is 2.24. The first-order valence-corrected chi connectivity index (χ1v) is 12.2. The number of para-hydroxylation sites is 1. The molecule has 3 rings (SSSR count). The zero-order valence-electron chi connectivity index (χ0n) is 18.5. The molecule has 1 N–H and O–H groups in total. The molecule has 7 heteroatoms. The van der Waals surface area contributed by atoms with Crippen LogP contribution in [-0.4, -0.2) is 27.7 Å². The monoisotopic (exact) mass is 452 g/mol. The first kappa shape index (κ1) is 23.3. The number of anilines is 1. The summed E-state index contributed by atoms with van der Waals surface area (Å²) in [6.07, 6.45) is 1.83. The summed E-state index contributed by atoms with van der Waals surface area (Å²) < 4.78 is 31.8. The average Bonchev–Trinajstić information content (AvgIpc) is 2.81. The lowest BCUT2D eigenvalue weighted by Crippen LogP contribution is -2.33. The Morgan fingerprint density at radius 1 is 0.969 bits per heavy atom. The Labute approximate surface area is 189 Å². The maximum absolute atomic E-state index is 13.3. The van der Waals surface area contributed by atoms with E-state index in [1.165, 1.54) is 4.31 Å². The van der Waals surface area contributed by atoms with Gasteiger partial charge in [0.15, 0.2) is 0 Å². The molecule has 0 radical (unpaired) electrons. The van der Waals surface area contributed by atoms with Gasteiger partial charge in [0.1, 0.15) is 5.75 Å². The van der Waals surface area contributed by atoms with Crippen molar-refractivity contribution in [3.8, 4) is 5.75 Å². The predicted molar refractivity (Wildman–Crippen MR) is 127 cm³/mol. The van der Waals surface area contributed by atoms with Crippen LogP contribution >= 0.6 is 0 Å². The Hall–Kier alpha value is -3.32. The van der Waals surface area contributed by atoms with E-state index in [9.17, 15) is 13.2 Å². The van der Waals surface area contributed by atoms with Crippen LogP contribution < -0.4 is 14.4 Å². The third-order valence-corrected chi connectivity index (χ3v) is 6.34. The van der Waals surface area contributed by atoms with E-state index in [0.717, 1.165) is 23.1 Å². The van der Waals surface area contributed by atoms with Crippen molar-refractivity contribution < 1.29 is 17.9 Å². The van der Waals surface area contributed by atoms with Crippen molar-refractivity contribution in [1.82, 2.24) is 5.32 Å². The highest BCUT2D eigenvalue weighted by Crippen LogP contribution is 2.27. The van der Waals surface area contributed by atoms with Crippen LogP contribution in [0.1, 0.15) is 40.9 Å². The van der Waals surface area contributed by atoms with Crippen molar-refractivity contribution in [2.45, 2.75) is 25.9 Å². The van der Waals surface area contributed by atoms with Gasteiger partial charge in [-0.1, -0.05) is 61.5 Å². The lowest BCUT2D eigenvalue weighted by molar-refractivity contribution is 0.0936. The number of amides is 1. The summed E-state index contributed by atoms with van der Waals surface area (Å²) in [5, 5.41) is 3.05. The van der Waals surface area contributed by atoms with Crippen LogP contribution in [0.5, 0.6) is 5.75 Å². The van der Waals surface area contributed by atoms with Gasteiger partial charge in [0.2, 0.25) is 10.0 Å². The smallest absolute Gasteiger partial charge is 0.253 e. The molecule has 1 amide bonds. The minimum atomic E-state index is -3.63. The molecule has 0 aliphatic rings. The lowest BCUT2D eigenvalue weighted by atomic mass is 10.0. The van der Waals surface area contributed by atoms with Gasteiger partial charge in [-0.05, 0) is 41.8 Å². The first-order chi connectivity index (χ1) is 15.3. The molecule has 0 heterocycles. The molecular weight excluding hydrogens is 424 g/mol. The van der Waals surface area contributed by atoms with Crippen LogP contribution in [0.3, 0.4) is 0 Å². The summed E-state index contributed by atoms with van der Waals surface area (Å²) in [5.41, 5.74) is 2.43. The number of benzene rings is 3. The molecule has 3 aromatic carbocycles. The fourth-order valence-electron chi connectivity index (χ4n) is 3.51. The van der Waals surface area contributed by atoms with E-state index in [2.05, 4.69) is 5.32 Å². The van der Waals surface area contributed by atoms with Gasteiger partial charge >= 0.3 is 0 Å². The van der Waals surface area contributed by atoms with E-state index >= 15 is 0 Å². The fourth-order valence-corrected chi connectivity index (χ4v) is 4.41. The minimum absolute atomic E-state index is 0.139. The van der Waals surface area contributed by atoms with Crippen LogP contribution in [0.25, 0.3) is 0 Å². The quantitative estimate of drug-likeness (QED) is 0.517. The Morgan fingerprint density at radius 2 is 1.59 bits per heavy atom. The summed E-state index contributed by atoms with van der Waals surface area (Å²) in [7, 11) is -2.02. The number of carbonyl (C=O) groups is 1. The predicted octanol–water partition coefficient (Wildman–Crippen LogP) is 4.54. The van der Waals surface area contributed by atoms with E-state index in [4.69, 9.17) is 4.74 Å². The van der Waals surface area contributed by atoms with Crippen LogP contribution in [0.4, 0.5) is 5.69 Å². The summed E-state index contributed by atoms with van der Waals surface area (Å²) in [4.78, 5) is 13.3. The van der Waals surface area contributed by atoms with Crippen molar-refractivity contribution in [2.24, 2.45) is 0 Å². The molecule has 3 aromatic rings. The van der Waals surface area contributed by atoms with Gasteiger partial charge < -0.3 is 10.1 Å². The number of rotatable bonds is 9. The largest absolute Gasteiger partial charge is 0.497 e. The van der Waals surface area contributed by atoms with E-state index in [1.807, 2.05) is 61.5 Å². The molecule has 6 nitrogen and oxygen atoms in total. The van der Waals surface area contributed by atoms with E-state index in [1.54, 1.807) is 31.4 Å². The highest BCUT2D eigenvalue weighted by molar-refractivity contribution is 7.92. The molecule has 0 unspecified atom stereocenters. The maximum atomic E-state index is 13.3. The topological polar surface area (TPSA) is 75.7 Å². The third-order valence-electron chi connectivity index (χ3n) is 5.22. The Balaban J connectivity index is 1.91. The van der Waals surface area contributed by atoms with Crippen LogP contribution in [0.2, 0.25) is 0 Å². The molecule has 0 saturated heterocycles. The number of hydrogen-bond donors (Lipinski definition) is 1. The van der Waals surface area contributed by atoms with Gasteiger partial charge in [0, 0.05) is 0 Å². The van der Waals surface area contributed by atoms with Crippen LogP contribution in [-0.2, 0) is 16.6 Å². The second-order valence-electron chi connectivity index (χ2n) is 7.48. The Bertz CT molecular complexity index is 1150. The van der Waals surface area contributed by atoms with E-state index < -0.39 is 10.0 Å². The van der Waals surface area contributed by atoms with Gasteiger partial charge in [-0.3, -0.25) is 9.10 Å². The van der Waals surface area contributed by atoms with Crippen molar-refractivity contribution in [3.63, 3.8) is 0 Å². The summed E-state index contributed by atoms with van der Waals surface area (Å²) >= 11 is 0.